The Morgan fingerprint density at radius 3 is 2.72 bits per heavy atom. The molecule has 0 bridgehead atoms. The van der Waals surface area contributed by atoms with E-state index >= 15 is 0 Å². The van der Waals surface area contributed by atoms with Crippen molar-refractivity contribution < 1.29 is 4.79 Å². The molecule has 1 amide bonds. The lowest BCUT2D eigenvalue weighted by molar-refractivity contribution is -0.115. The van der Waals surface area contributed by atoms with Crippen LogP contribution in [-0.2, 0) is 4.79 Å². The largest absolute Gasteiger partial charge is 0.301 e. The molecule has 25 heavy (non-hydrogen) atoms. The number of benzene rings is 1. The average molecular weight is 374 g/mol. The number of anilines is 1. The SMILES string of the molecule is CC(Sc1nnnn1C(C)C)C(=O)Nc1nc(-c2ccccc2)cs1. The second-order valence-corrected chi connectivity index (χ2v) is 7.82. The topological polar surface area (TPSA) is 85.6 Å². The zero-order valence-electron chi connectivity index (χ0n) is 14.1. The molecule has 3 rings (SSSR count). The summed E-state index contributed by atoms with van der Waals surface area (Å²) in [6.45, 7) is 5.81. The summed E-state index contributed by atoms with van der Waals surface area (Å²) in [7, 11) is 0. The van der Waals surface area contributed by atoms with Crippen LogP contribution in [0.3, 0.4) is 0 Å². The Morgan fingerprint density at radius 2 is 2.00 bits per heavy atom. The minimum Gasteiger partial charge on any atom is -0.301 e. The van der Waals surface area contributed by atoms with Gasteiger partial charge in [0.2, 0.25) is 11.1 Å². The van der Waals surface area contributed by atoms with Crippen molar-refractivity contribution in [3.05, 3.63) is 35.7 Å². The van der Waals surface area contributed by atoms with E-state index in [9.17, 15) is 4.79 Å². The lowest BCUT2D eigenvalue weighted by Gasteiger charge is -2.11. The second kappa shape index (κ2) is 7.75. The number of thiazole rings is 1. The first-order valence-corrected chi connectivity index (χ1v) is 9.57. The first kappa shape index (κ1) is 17.6. The van der Waals surface area contributed by atoms with E-state index in [0.29, 0.717) is 10.3 Å². The Bertz CT molecular complexity index is 845. The number of nitrogens with zero attached hydrogens (tertiary/aromatic N) is 5. The lowest BCUT2D eigenvalue weighted by Crippen LogP contribution is -2.23. The smallest absolute Gasteiger partial charge is 0.239 e. The van der Waals surface area contributed by atoms with Gasteiger partial charge in [-0.3, -0.25) is 4.79 Å². The minimum atomic E-state index is -0.340. The summed E-state index contributed by atoms with van der Waals surface area (Å²) in [6, 6.07) is 10.0. The highest BCUT2D eigenvalue weighted by atomic mass is 32.2. The normalized spacial score (nSPS) is 12.3. The van der Waals surface area contributed by atoms with E-state index in [1.165, 1.54) is 23.1 Å². The van der Waals surface area contributed by atoms with Crippen LogP contribution in [0, 0.1) is 0 Å². The van der Waals surface area contributed by atoms with Gasteiger partial charge in [-0.2, -0.15) is 0 Å². The molecule has 0 aliphatic heterocycles. The van der Waals surface area contributed by atoms with Crippen LogP contribution in [-0.4, -0.2) is 36.3 Å². The van der Waals surface area contributed by atoms with Crippen LogP contribution in [0.15, 0.2) is 40.9 Å². The minimum absolute atomic E-state index is 0.128. The maximum atomic E-state index is 12.4. The number of carbonyl (C=O) groups excluding carboxylic acids is 1. The number of carbonyl (C=O) groups is 1. The quantitative estimate of drug-likeness (QED) is 0.665. The van der Waals surface area contributed by atoms with Gasteiger partial charge in [-0.05, 0) is 31.2 Å². The van der Waals surface area contributed by atoms with E-state index in [2.05, 4.69) is 25.8 Å². The Kier molecular flexibility index (Phi) is 5.44. The molecule has 0 saturated heterocycles. The zero-order valence-corrected chi connectivity index (χ0v) is 15.7. The number of aromatic nitrogens is 5. The average Bonchev–Trinajstić information content (AvgIpc) is 3.25. The molecule has 130 valence electrons. The van der Waals surface area contributed by atoms with Crippen molar-refractivity contribution in [1.82, 2.24) is 25.2 Å². The number of nitrogens with one attached hydrogen (secondary N) is 1. The Labute approximate surface area is 153 Å². The maximum Gasteiger partial charge on any atom is 0.239 e. The van der Waals surface area contributed by atoms with Crippen LogP contribution in [0.4, 0.5) is 5.13 Å². The number of thioether (sulfide) groups is 1. The van der Waals surface area contributed by atoms with Crippen molar-refractivity contribution in [1.29, 1.82) is 0 Å². The number of amides is 1. The summed E-state index contributed by atoms with van der Waals surface area (Å²) in [6.07, 6.45) is 0. The third-order valence-electron chi connectivity index (χ3n) is 3.41. The van der Waals surface area contributed by atoms with Crippen molar-refractivity contribution in [2.45, 2.75) is 37.2 Å². The zero-order chi connectivity index (χ0) is 17.8. The Balaban J connectivity index is 1.64. The number of hydrogen-bond acceptors (Lipinski definition) is 7. The van der Waals surface area contributed by atoms with Crippen molar-refractivity contribution in [2.24, 2.45) is 0 Å². The van der Waals surface area contributed by atoms with Crippen molar-refractivity contribution >= 4 is 34.1 Å². The predicted octanol–water partition coefficient (Wildman–Crippen LogP) is 3.50. The summed E-state index contributed by atoms with van der Waals surface area (Å²) < 4.78 is 1.70. The highest BCUT2D eigenvalue weighted by Crippen LogP contribution is 2.27. The van der Waals surface area contributed by atoms with Gasteiger partial charge in [0, 0.05) is 10.9 Å². The van der Waals surface area contributed by atoms with Crippen LogP contribution >= 0.6 is 23.1 Å². The molecule has 0 radical (unpaired) electrons. The van der Waals surface area contributed by atoms with Crippen LogP contribution < -0.4 is 5.32 Å². The van der Waals surface area contributed by atoms with Gasteiger partial charge >= 0.3 is 0 Å². The fraction of sp³-hybridized carbons (Fsp3) is 0.312. The van der Waals surface area contributed by atoms with Gasteiger partial charge < -0.3 is 5.32 Å². The van der Waals surface area contributed by atoms with Crippen molar-refractivity contribution in [3.8, 4) is 11.3 Å². The molecule has 0 fully saturated rings. The van der Waals surface area contributed by atoms with E-state index in [-0.39, 0.29) is 17.2 Å². The molecule has 2 aromatic heterocycles. The molecule has 1 N–H and O–H groups in total. The van der Waals surface area contributed by atoms with E-state index in [1.807, 2.05) is 56.5 Å². The third-order valence-corrected chi connectivity index (χ3v) is 5.21. The monoisotopic (exact) mass is 374 g/mol. The molecule has 7 nitrogen and oxygen atoms in total. The van der Waals surface area contributed by atoms with Crippen molar-refractivity contribution in [3.63, 3.8) is 0 Å². The molecule has 1 aromatic carbocycles. The molecule has 1 unspecified atom stereocenters. The molecule has 0 saturated carbocycles. The predicted molar refractivity (Wildman–Crippen MR) is 99.7 cm³/mol. The molecule has 0 spiro atoms. The summed E-state index contributed by atoms with van der Waals surface area (Å²) in [5.41, 5.74) is 1.88. The third kappa shape index (κ3) is 4.23. The first-order chi connectivity index (χ1) is 12.0. The van der Waals surface area contributed by atoms with Gasteiger partial charge in [0.1, 0.15) is 0 Å². The summed E-state index contributed by atoms with van der Waals surface area (Å²) in [5.74, 6) is -0.128. The van der Waals surface area contributed by atoms with E-state index in [0.717, 1.165) is 11.3 Å². The standard InChI is InChI=1S/C16H18N6OS2/c1-10(2)22-16(19-20-21-22)25-11(3)14(23)18-15-17-13(9-24-15)12-7-5-4-6-8-12/h4-11H,1-3H3,(H,17,18,23). The Morgan fingerprint density at radius 1 is 1.24 bits per heavy atom. The van der Waals surface area contributed by atoms with Gasteiger partial charge in [0.25, 0.3) is 0 Å². The van der Waals surface area contributed by atoms with Gasteiger partial charge in [-0.15, -0.1) is 16.4 Å². The molecular formula is C16H18N6OS2. The highest BCUT2D eigenvalue weighted by molar-refractivity contribution is 8.00. The maximum absolute atomic E-state index is 12.4. The van der Waals surface area contributed by atoms with E-state index < -0.39 is 0 Å². The van der Waals surface area contributed by atoms with Crippen LogP contribution in [0.25, 0.3) is 11.3 Å². The molecule has 0 aliphatic rings. The number of rotatable bonds is 6. The van der Waals surface area contributed by atoms with Gasteiger partial charge in [-0.25, -0.2) is 9.67 Å². The lowest BCUT2D eigenvalue weighted by atomic mass is 10.2. The first-order valence-electron chi connectivity index (χ1n) is 7.81. The Hall–Kier alpha value is -2.26. The van der Waals surface area contributed by atoms with Gasteiger partial charge in [0.05, 0.1) is 17.0 Å². The fourth-order valence-corrected chi connectivity index (χ4v) is 3.72. The molecule has 3 aromatic rings. The number of tetrazole rings is 1. The summed E-state index contributed by atoms with van der Waals surface area (Å²) in [4.78, 5) is 16.9. The number of hydrogen-bond donors (Lipinski definition) is 1. The van der Waals surface area contributed by atoms with Crippen LogP contribution in [0.5, 0.6) is 0 Å². The summed E-state index contributed by atoms with van der Waals surface area (Å²) >= 11 is 2.74. The molecule has 1 atom stereocenters. The fourth-order valence-electron chi connectivity index (χ4n) is 2.08. The molecule has 2 heterocycles. The summed E-state index contributed by atoms with van der Waals surface area (Å²) in [5, 5.41) is 17.3. The highest BCUT2D eigenvalue weighted by Gasteiger charge is 2.20. The molecule has 0 aliphatic carbocycles. The van der Waals surface area contributed by atoms with Gasteiger partial charge in [-0.1, -0.05) is 42.1 Å². The van der Waals surface area contributed by atoms with E-state index in [4.69, 9.17) is 0 Å². The van der Waals surface area contributed by atoms with E-state index in [1.54, 1.807) is 4.68 Å². The van der Waals surface area contributed by atoms with Crippen LogP contribution in [0.1, 0.15) is 26.8 Å². The second-order valence-electron chi connectivity index (χ2n) is 5.65. The van der Waals surface area contributed by atoms with Crippen LogP contribution in [0.2, 0.25) is 0 Å². The van der Waals surface area contributed by atoms with Gasteiger partial charge in [0.15, 0.2) is 5.13 Å². The van der Waals surface area contributed by atoms with Crippen molar-refractivity contribution in [2.75, 3.05) is 5.32 Å². The molecule has 9 heteroatoms. The molecular weight excluding hydrogens is 356 g/mol.